The zero-order valence-electron chi connectivity index (χ0n) is 15.6. The summed E-state index contributed by atoms with van der Waals surface area (Å²) in [6.45, 7) is 0. The summed E-state index contributed by atoms with van der Waals surface area (Å²) in [4.78, 5) is 0. The number of fused-ring (bicyclic) bond motifs is 6. The van der Waals surface area contributed by atoms with Gasteiger partial charge >= 0.3 is 0 Å². The van der Waals surface area contributed by atoms with Crippen molar-refractivity contribution in [2.45, 2.75) is 5.92 Å². The summed E-state index contributed by atoms with van der Waals surface area (Å²) in [5.74, 6) is 2.08. The predicted octanol–water partition coefficient (Wildman–Crippen LogP) is 8.04. The second-order valence-corrected chi connectivity index (χ2v) is 8.41. The average molecular weight is 437 g/mol. The van der Waals surface area contributed by atoms with E-state index in [-0.39, 0.29) is 5.92 Å². The summed E-state index contributed by atoms with van der Waals surface area (Å²) in [5.41, 5.74) is 3.70. The van der Waals surface area contributed by atoms with Gasteiger partial charge in [-0.2, -0.15) is 0 Å². The van der Waals surface area contributed by atoms with Gasteiger partial charge in [-0.15, -0.1) is 0 Å². The fourth-order valence-electron chi connectivity index (χ4n) is 4.49. The summed E-state index contributed by atoms with van der Waals surface area (Å²) in [5, 5.41) is 4.71. The number of ether oxygens (including phenoxy) is 1. The monoisotopic (exact) mass is 436 g/mol. The van der Waals surface area contributed by atoms with Gasteiger partial charge in [0.05, 0.1) is 0 Å². The normalized spacial score (nSPS) is 13.1. The lowest BCUT2D eigenvalue weighted by molar-refractivity contribution is 0.464. The molecule has 0 fully saturated rings. The first-order valence-corrected chi connectivity index (χ1v) is 10.6. The standard InChI is InChI=1S/C27H17BrO/c28-20-13-9-19(10-14-20)25-23-15-11-17-5-1-3-7-21(17)26(23)29-27-22-8-4-2-6-18(22)12-16-24(25)27/h1-16,25H. The van der Waals surface area contributed by atoms with Crippen molar-refractivity contribution in [1.29, 1.82) is 0 Å². The smallest absolute Gasteiger partial charge is 0.139 e. The highest BCUT2D eigenvalue weighted by Gasteiger charge is 2.31. The molecule has 0 unspecified atom stereocenters. The zero-order valence-corrected chi connectivity index (χ0v) is 17.2. The molecule has 1 nitrogen and oxygen atoms in total. The quantitative estimate of drug-likeness (QED) is 0.253. The van der Waals surface area contributed by atoms with Gasteiger partial charge < -0.3 is 4.74 Å². The number of rotatable bonds is 1. The molecular formula is C27H17BrO. The molecule has 0 spiro atoms. The van der Waals surface area contributed by atoms with Crippen molar-refractivity contribution in [1.82, 2.24) is 0 Å². The Kier molecular flexibility index (Phi) is 3.75. The second kappa shape index (κ2) is 6.47. The molecule has 0 amide bonds. The molecular weight excluding hydrogens is 420 g/mol. The Morgan fingerprint density at radius 1 is 0.552 bits per heavy atom. The number of benzene rings is 5. The molecule has 6 rings (SSSR count). The highest BCUT2D eigenvalue weighted by atomic mass is 79.9. The van der Waals surface area contributed by atoms with Gasteiger partial charge in [0.15, 0.2) is 0 Å². The molecule has 0 saturated carbocycles. The van der Waals surface area contributed by atoms with E-state index in [9.17, 15) is 0 Å². The molecule has 0 atom stereocenters. The Bertz CT molecular complexity index is 1300. The van der Waals surface area contributed by atoms with Crippen LogP contribution in [0.3, 0.4) is 0 Å². The van der Waals surface area contributed by atoms with E-state index < -0.39 is 0 Å². The molecule has 0 aliphatic carbocycles. The first-order valence-electron chi connectivity index (χ1n) is 9.76. The minimum Gasteiger partial charge on any atom is -0.455 e. The lowest BCUT2D eigenvalue weighted by Crippen LogP contribution is -2.12. The van der Waals surface area contributed by atoms with E-state index in [1.807, 2.05) is 0 Å². The van der Waals surface area contributed by atoms with Crippen LogP contribution in [0.4, 0.5) is 0 Å². The van der Waals surface area contributed by atoms with Gasteiger partial charge in [0.1, 0.15) is 11.5 Å². The van der Waals surface area contributed by atoms with E-state index in [1.165, 1.54) is 27.5 Å². The summed E-state index contributed by atoms with van der Waals surface area (Å²) >= 11 is 3.57. The maximum Gasteiger partial charge on any atom is 0.139 e. The second-order valence-electron chi connectivity index (χ2n) is 7.50. The maximum atomic E-state index is 6.67. The van der Waals surface area contributed by atoms with Crippen LogP contribution in [-0.4, -0.2) is 0 Å². The Morgan fingerprint density at radius 2 is 1.07 bits per heavy atom. The Balaban J connectivity index is 1.71. The van der Waals surface area contributed by atoms with E-state index in [4.69, 9.17) is 4.74 Å². The third-order valence-electron chi connectivity index (χ3n) is 5.85. The Hall–Kier alpha value is -3.10. The van der Waals surface area contributed by atoms with Crippen LogP contribution in [0.2, 0.25) is 0 Å². The number of hydrogen-bond donors (Lipinski definition) is 0. The maximum absolute atomic E-state index is 6.67. The number of hydrogen-bond acceptors (Lipinski definition) is 1. The van der Waals surface area contributed by atoms with Crippen LogP contribution >= 0.6 is 15.9 Å². The fourth-order valence-corrected chi connectivity index (χ4v) is 4.75. The molecule has 5 aromatic rings. The number of halogens is 1. The molecule has 0 bridgehead atoms. The SMILES string of the molecule is Brc1ccc(C2c3ccc4ccccc4c3Oc3c2ccc2ccccc32)cc1. The third-order valence-corrected chi connectivity index (χ3v) is 6.38. The van der Waals surface area contributed by atoms with Crippen LogP contribution in [0.25, 0.3) is 21.5 Å². The largest absolute Gasteiger partial charge is 0.455 e. The lowest BCUT2D eigenvalue weighted by Gasteiger charge is -2.30. The predicted molar refractivity (Wildman–Crippen MR) is 123 cm³/mol. The van der Waals surface area contributed by atoms with E-state index in [1.54, 1.807) is 0 Å². The lowest BCUT2D eigenvalue weighted by atomic mass is 9.81. The molecule has 0 saturated heterocycles. The Morgan fingerprint density at radius 3 is 1.62 bits per heavy atom. The zero-order chi connectivity index (χ0) is 19.4. The summed E-state index contributed by atoms with van der Waals surface area (Å²) in [6.07, 6.45) is 0. The van der Waals surface area contributed by atoms with Crippen molar-refractivity contribution in [3.63, 3.8) is 0 Å². The van der Waals surface area contributed by atoms with E-state index in [0.29, 0.717) is 0 Å². The summed E-state index contributed by atoms with van der Waals surface area (Å²) < 4.78 is 7.76. The topological polar surface area (TPSA) is 9.23 Å². The van der Waals surface area contributed by atoms with Crippen molar-refractivity contribution in [2.75, 3.05) is 0 Å². The molecule has 29 heavy (non-hydrogen) atoms. The minimum atomic E-state index is 0.135. The van der Waals surface area contributed by atoms with Crippen LogP contribution in [0.5, 0.6) is 11.5 Å². The molecule has 138 valence electrons. The van der Waals surface area contributed by atoms with Crippen molar-refractivity contribution in [2.24, 2.45) is 0 Å². The molecule has 5 aromatic carbocycles. The van der Waals surface area contributed by atoms with Gasteiger partial charge in [0.25, 0.3) is 0 Å². The highest BCUT2D eigenvalue weighted by Crippen LogP contribution is 2.51. The molecule has 1 heterocycles. The Labute approximate surface area is 177 Å². The van der Waals surface area contributed by atoms with Gasteiger partial charge in [-0.3, -0.25) is 0 Å². The van der Waals surface area contributed by atoms with Crippen molar-refractivity contribution >= 4 is 37.5 Å². The van der Waals surface area contributed by atoms with Crippen molar-refractivity contribution in [3.05, 3.63) is 118 Å². The first-order chi connectivity index (χ1) is 14.3. The van der Waals surface area contributed by atoms with E-state index in [2.05, 4.69) is 113 Å². The van der Waals surface area contributed by atoms with Gasteiger partial charge in [0, 0.05) is 32.3 Å². The summed E-state index contributed by atoms with van der Waals surface area (Å²) in [6, 6.07) is 34.4. The van der Waals surface area contributed by atoms with Gasteiger partial charge in [0.2, 0.25) is 0 Å². The third kappa shape index (κ3) is 2.60. The average Bonchev–Trinajstić information content (AvgIpc) is 2.78. The van der Waals surface area contributed by atoms with Gasteiger partial charge in [-0.05, 0) is 28.5 Å². The van der Waals surface area contributed by atoms with Crippen LogP contribution in [0.1, 0.15) is 22.6 Å². The highest BCUT2D eigenvalue weighted by molar-refractivity contribution is 9.10. The van der Waals surface area contributed by atoms with Crippen LogP contribution in [0, 0.1) is 0 Å². The fraction of sp³-hybridized carbons (Fsp3) is 0.0370. The molecule has 0 aromatic heterocycles. The van der Waals surface area contributed by atoms with Gasteiger partial charge in [-0.1, -0.05) is 101 Å². The van der Waals surface area contributed by atoms with Crippen molar-refractivity contribution in [3.8, 4) is 11.5 Å². The molecule has 1 aliphatic heterocycles. The minimum absolute atomic E-state index is 0.135. The van der Waals surface area contributed by atoms with E-state index >= 15 is 0 Å². The molecule has 1 aliphatic rings. The van der Waals surface area contributed by atoms with Crippen LogP contribution in [-0.2, 0) is 0 Å². The van der Waals surface area contributed by atoms with Crippen molar-refractivity contribution < 1.29 is 4.74 Å². The first kappa shape index (κ1) is 16.8. The van der Waals surface area contributed by atoms with E-state index in [0.717, 1.165) is 26.7 Å². The molecule has 0 N–H and O–H groups in total. The summed E-state index contributed by atoms with van der Waals surface area (Å²) in [7, 11) is 0. The van der Waals surface area contributed by atoms with Crippen LogP contribution < -0.4 is 4.74 Å². The van der Waals surface area contributed by atoms with Crippen LogP contribution in [0.15, 0.2) is 102 Å². The molecule has 2 heteroatoms. The molecule has 0 radical (unpaired) electrons. The van der Waals surface area contributed by atoms with Gasteiger partial charge in [-0.25, -0.2) is 0 Å².